The maximum atomic E-state index is 13.2. The molecule has 2 aliphatic heterocycles. The second-order valence-corrected chi connectivity index (χ2v) is 8.24. The van der Waals surface area contributed by atoms with E-state index in [9.17, 15) is 9.59 Å². The third-order valence-electron chi connectivity index (χ3n) is 6.34. The summed E-state index contributed by atoms with van der Waals surface area (Å²) in [5, 5.41) is 0. The summed E-state index contributed by atoms with van der Waals surface area (Å²) < 4.78 is 5.28. The molecule has 0 aliphatic carbocycles. The number of piperidine rings is 2. The molecular weight excluding hydrogens is 378 g/mol. The summed E-state index contributed by atoms with van der Waals surface area (Å²) in [6, 6.07) is 11.9. The third-order valence-corrected chi connectivity index (χ3v) is 6.34. The fourth-order valence-electron chi connectivity index (χ4n) is 4.59. The topological polar surface area (TPSA) is 62.7 Å². The van der Waals surface area contributed by atoms with Crippen LogP contribution in [-0.4, -0.2) is 53.3 Å². The minimum Gasteiger partial charge on any atom is -0.497 e. The number of hydrogen-bond donors (Lipinski definition) is 0. The Balaban J connectivity index is 1.34. The fourth-order valence-corrected chi connectivity index (χ4v) is 4.59. The number of pyridine rings is 1. The summed E-state index contributed by atoms with van der Waals surface area (Å²) >= 11 is 0. The molecule has 2 aromatic rings. The van der Waals surface area contributed by atoms with E-state index < -0.39 is 0 Å². The summed E-state index contributed by atoms with van der Waals surface area (Å²) in [6.07, 6.45) is 6.72. The highest BCUT2D eigenvalue weighted by Gasteiger charge is 2.34. The third kappa shape index (κ3) is 4.64. The first-order chi connectivity index (χ1) is 14.6. The molecule has 1 aromatic heterocycles. The summed E-state index contributed by atoms with van der Waals surface area (Å²) in [4.78, 5) is 33.5. The molecule has 1 unspecified atom stereocenters. The molecule has 1 atom stereocenters. The minimum absolute atomic E-state index is 0.106. The van der Waals surface area contributed by atoms with Crippen molar-refractivity contribution >= 4 is 11.8 Å². The van der Waals surface area contributed by atoms with E-state index in [1.54, 1.807) is 7.11 Å². The quantitative estimate of drug-likeness (QED) is 0.763. The fraction of sp³-hybridized carbons (Fsp3) is 0.458. The van der Waals surface area contributed by atoms with Crippen molar-refractivity contribution in [1.82, 2.24) is 14.8 Å². The Hall–Kier alpha value is -2.89. The lowest BCUT2D eigenvalue weighted by Crippen LogP contribution is -2.48. The Kier molecular flexibility index (Phi) is 6.31. The highest BCUT2D eigenvalue weighted by molar-refractivity contribution is 5.84. The standard InChI is InChI=1S/C24H29N3O3/c1-30-22-4-2-3-18(15-22)16-27-17-21(5-6-23(27)28)24(29)26-13-9-20(10-14-26)19-7-11-25-12-8-19/h2-4,7-8,11-12,15,20-21H,5-6,9-10,13-14,16-17H2,1H3. The molecule has 4 rings (SSSR count). The maximum absolute atomic E-state index is 13.2. The van der Waals surface area contributed by atoms with Crippen molar-refractivity contribution in [3.05, 3.63) is 59.9 Å². The average Bonchev–Trinajstić information content (AvgIpc) is 2.81. The molecule has 0 saturated carbocycles. The predicted octanol–water partition coefficient (Wildman–Crippen LogP) is 3.24. The van der Waals surface area contributed by atoms with E-state index in [-0.39, 0.29) is 17.7 Å². The molecule has 6 nitrogen and oxygen atoms in total. The van der Waals surface area contributed by atoms with Crippen LogP contribution in [0.5, 0.6) is 5.75 Å². The van der Waals surface area contributed by atoms with E-state index in [4.69, 9.17) is 4.74 Å². The Labute approximate surface area is 177 Å². The number of likely N-dealkylation sites (tertiary alicyclic amines) is 2. The predicted molar refractivity (Wildman–Crippen MR) is 114 cm³/mol. The summed E-state index contributed by atoms with van der Waals surface area (Å²) in [5.74, 6) is 1.49. The van der Waals surface area contributed by atoms with Crippen molar-refractivity contribution in [2.75, 3.05) is 26.7 Å². The summed E-state index contributed by atoms with van der Waals surface area (Å²) in [6.45, 7) is 2.58. The molecule has 2 aliphatic rings. The van der Waals surface area contributed by atoms with Gasteiger partial charge >= 0.3 is 0 Å². The number of benzene rings is 1. The molecule has 0 bridgehead atoms. The Morgan fingerprint density at radius 1 is 1.13 bits per heavy atom. The molecule has 3 heterocycles. The number of nitrogens with zero attached hydrogens (tertiary/aromatic N) is 3. The molecule has 0 N–H and O–H groups in total. The van der Waals surface area contributed by atoms with Gasteiger partial charge in [-0.2, -0.15) is 0 Å². The van der Waals surface area contributed by atoms with Crippen LogP contribution in [0.1, 0.15) is 42.7 Å². The Morgan fingerprint density at radius 3 is 2.63 bits per heavy atom. The second kappa shape index (κ2) is 9.28. The van der Waals surface area contributed by atoms with Crippen LogP contribution in [0, 0.1) is 5.92 Å². The molecule has 0 spiro atoms. The SMILES string of the molecule is COc1cccc(CN2CC(C(=O)N3CCC(c4ccncc4)CC3)CCC2=O)c1. The van der Waals surface area contributed by atoms with Crippen LogP contribution in [0.25, 0.3) is 0 Å². The molecule has 30 heavy (non-hydrogen) atoms. The largest absolute Gasteiger partial charge is 0.497 e. The normalized spacial score (nSPS) is 20.3. The smallest absolute Gasteiger partial charge is 0.227 e. The van der Waals surface area contributed by atoms with Crippen molar-refractivity contribution < 1.29 is 14.3 Å². The van der Waals surface area contributed by atoms with Gasteiger partial charge in [-0.05, 0) is 60.6 Å². The molecule has 158 valence electrons. The molecular formula is C24H29N3O3. The molecule has 2 fully saturated rings. The number of methoxy groups -OCH3 is 1. The number of ether oxygens (including phenoxy) is 1. The van der Waals surface area contributed by atoms with Gasteiger partial charge in [0.05, 0.1) is 13.0 Å². The lowest BCUT2D eigenvalue weighted by molar-refractivity contribution is -0.144. The first kappa shape index (κ1) is 20.4. The van der Waals surface area contributed by atoms with Crippen molar-refractivity contribution in [2.24, 2.45) is 5.92 Å². The van der Waals surface area contributed by atoms with Crippen molar-refractivity contribution in [3.8, 4) is 5.75 Å². The van der Waals surface area contributed by atoms with Crippen molar-refractivity contribution in [1.29, 1.82) is 0 Å². The van der Waals surface area contributed by atoms with E-state index in [1.807, 2.05) is 46.5 Å². The van der Waals surface area contributed by atoms with Gasteiger partial charge in [0, 0.05) is 45.0 Å². The summed E-state index contributed by atoms with van der Waals surface area (Å²) in [5.41, 5.74) is 2.33. The number of hydrogen-bond acceptors (Lipinski definition) is 4. The number of carbonyl (C=O) groups is 2. The zero-order valence-electron chi connectivity index (χ0n) is 17.5. The highest BCUT2D eigenvalue weighted by atomic mass is 16.5. The first-order valence-corrected chi connectivity index (χ1v) is 10.7. The molecule has 2 saturated heterocycles. The highest BCUT2D eigenvalue weighted by Crippen LogP contribution is 2.30. The molecule has 1 aromatic carbocycles. The molecule has 0 radical (unpaired) electrons. The van der Waals surface area contributed by atoms with Crippen molar-refractivity contribution in [2.45, 2.75) is 38.1 Å². The number of rotatable bonds is 5. The minimum atomic E-state index is -0.106. The molecule has 6 heteroatoms. The first-order valence-electron chi connectivity index (χ1n) is 10.7. The summed E-state index contributed by atoms with van der Waals surface area (Å²) in [7, 11) is 1.64. The zero-order chi connectivity index (χ0) is 20.9. The zero-order valence-corrected chi connectivity index (χ0v) is 17.5. The van der Waals surface area contributed by atoms with Gasteiger partial charge in [0.15, 0.2) is 0 Å². The van der Waals surface area contributed by atoms with E-state index >= 15 is 0 Å². The van der Waals surface area contributed by atoms with Crippen LogP contribution in [0.15, 0.2) is 48.8 Å². The lowest BCUT2D eigenvalue weighted by atomic mass is 9.88. The number of amides is 2. The van der Waals surface area contributed by atoms with Crippen LogP contribution in [-0.2, 0) is 16.1 Å². The van der Waals surface area contributed by atoms with Gasteiger partial charge in [0.1, 0.15) is 5.75 Å². The van der Waals surface area contributed by atoms with Crippen LogP contribution in [0.2, 0.25) is 0 Å². The Bertz CT molecular complexity index is 878. The van der Waals surface area contributed by atoms with E-state index in [0.717, 1.165) is 37.2 Å². The maximum Gasteiger partial charge on any atom is 0.227 e. The van der Waals surface area contributed by atoms with Gasteiger partial charge in [-0.15, -0.1) is 0 Å². The number of carbonyl (C=O) groups excluding carboxylic acids is 2. The van der Waals surface area contributed by atoms with E-state index in [2.05, 4.69) is 17.1 Å². The van der Waals surface area contributed by atoms with Gasteiger partial charge in [-0.25, -0.2) is 0 Å². The lowest BCUT2D eigenvalue weighted by Gasteiger charge is -2.38. The van der Waals surface area contributed by atoms with Crippen LogP contribution < -0.4 is 4.74 Å². The van der Waals surface area contributed by atoms with Gasteiger partial charge in [-0.1, -0.05) is 12.1 Å². The van der Waals surface area contributed by atoms with Gasteiger partial charge in [0.2, 0.25) is 11.8 Å². The van der Waals surface area contributed by atoms with Gasteiger partial charge in [0.25, 0.3) is 0 Å². The van der Waals surface area contributed by atoms with Crippen LogP contribution in [0.4, 0.5) is 0 Å². The van der Waals surface area contributed by atoms with Crippen molar-refractivity contribution in [3.63, 3.8) is 0 Å². The van der Waals surface area contributed by atoms with Gasteiger partial charge in [-0.3, -0.25) is 14.6 Å². The van der Waals surface area contributed by atoms with Gasteiger partial charge < -0.3 is 14.5 Å². The monoisotopic (exact) mass is 407 g/mol. The number of aromatic nitrogens is 1. The van der Waals surface area contributed by atoms with E-state index in [0.29, 0.717) is 31.8 Å². The average molecular weight is 408 g/mol. The van der Waals surface area contributed by atoms with Crippen LogP contribution >= 0.6 is 0 Å². The second-order valence-electron chi connectivity index (χ2n) is 8.24. The van der Waals surface area contributed by atoms with E-state index in [1.165, 1.54) is 5.56 Å². The van der Waals surface area contributed by atoms with Crippen LogP contribution in [0.3, 0.4) is 0 Å². The molecule has 2 amide bonds. The Morgan fingerprint density at radius 2 is 1.90 bits per heavy atom.